The van der Waals surface area contributed by atoms with Crippen molar-refractivity contribution >= 4 is 16.8 Å². The molecule has 1 fully saturated rings. The summed E-state index contributed by atoms with van der Waals surface area (Å²) < 4.78 is 7.75. The van der Waals surface area contributed by atoms with Gasteiger partial charge in [-0.1, -0.05) is 18.2 Å². The van der Waals surface area contributed by atoms with Crippen LogP contribution in [0.15, 0.2) is 30.3 Å². The van der Waals surface area contributed by atoms with E-state index in [-0.39, 0.29) is 18.1 Å². The molecule has 3 aromatic rings. The minimum Gasteiger partial charge on any atom is -0.380 e. The molecule has 5 rings (SSSR count). The fraction of sp³-hybridized carbons (Fsp3) is 0.421. The highest BCUT2D eigenvalue weighted by molar-refractivity contribution is 5.98. The SMILES string of the molecule is CO[C@@H]1C[C@@H](c2nnc3n2CCC3)N(C(=O)c2cc3ccccc3[nH]2)C1. The summed E-state index contributed by atoms with van der Waals surface area (Å²) in [4.78, 5) is 18.4. The Morgan fingerprint density at radius 1 is 1.31 bits per heavy atom. The number of nitrogens with one attached hydrogen (secondary N) is 1. The first kappa shape index (κ1) is 15.6. The number of methoxy groups -OCH3 is 1. The maximum Gasteiger partial charge on any atom is 0.271 e. The summed E-state index contributed by atoms with van der Waals surface area (Å²) in [6, 6.07) is 9.75. The summed E-state index contributed by atoms with van der Waals surface area (Å²) in [5, 5.41) is 9.77. The lowest BCUT2D eigenvalue weighted by Crippen LogP contribution is -2.33. The van der Waals surface area contributed by atoms with Crippen LogP contribution in [0, 0.1) is 0 Å². The Morgan fingerprint density at radius 3 is 3.04 bits per heavy atom. The third-order valence-electron chi connectivity index (χ3n) is 5.55. The molecular formula is C19H21N5O2. The van der Waals surface area contributed by atoms with Crippen molar-refractivity contribution in [2.75, 3.05) is 13.7 Å². The molecule has 2 aliphatic rings. The van der Waals surface area contributed by atoms with Gasteiger partial charge in [0.25, 0.3) is 5.91 Å². The molecule has 0 bridgehead atoms. The molecule has 1 amide bonds. The average molecular weight is 351 g/mol. The Kier molecular flexibility index (Phi) is 3.56. The molecule has 0 spiro atoms. The van der Waals surface area contributed by atoms with Gasteiger partial charge in [0.05, 0.1) is 12.1 Å². The fourth-order valence-corrected chi connectivity index (χ4v) is 4.20. The minimum absolute atomic E-state index is 0.0129. The summed E-state index contributed by atoms with van der Waals surface area (Å²) in [5.74, 6) is 1.90. The standard InChI is InChI=1S/C19H21N5O2/c1-26-13-10-16(18-22-21-17-7-4-8-23(17)18)24(11-13)19(25)15-9-12-5-2-3-6-14(12)20-15/h2-3,5-6,9,13,16,20H,4,7-8,10-11H2,1H3/t13-,16+/m1/s1. The lowest BCUT2D eigenvalue weighted by atomic mass is 10.1. The zero-order valence-corrected chi connectivity index (χ0v) is 14.7. The topological polar surface area (TPSA) is 76.0 Å². The quantitative estimate of drug-likeness (QED) is 0.786. The molecule has 2 atom stereocenters. The van der Waals surface area contributed by atoms with E-state index >= 15 is 0 Å². The molecule has 134 valence electrons. The van der Waals surface area contributed by atoms with Gasteiger partial charge in [-0.15, -0.1) is 10.2 Å². The van der Waals surface area contributed by atoms with Crippen LogP contribution < -0.4 is 0 Å². The molecule has 7 nitrogen and oxygen atoms in total. The second kappa shape index (κ2) is 5.95. The van der Waals surface area contributed by atoms with Crippen molar-refractivity contribution in [1.29, 1.82) is 0 Å². The fourth-order valence-electron chi connectivity index (χ4n) is 4.20. The average Bonchev–Trinajstić information content (AvgIpc) is 3.41. The van der Waals surface area contributed by atoms with Crippen molar-refractivity contribution in [2.45, 2.75) is 38.0 Å². The number of likely N-dealkylation sites (tertiary alicyclic amines) is 1. The van der Waals surface area contributed by atoms with E-state index in [9.17, 15) is 4.79 Å². The number of hydrogen-bond acceptors (Lipinski definition) is 4. The van der Waals surface area contributed by atoms with E-state index in [1.54, 1.807) is 7.11 Å². The van der Waals surface area contributed by atoms with Crippen LogP contribution in [-0.4, -0.2) is 50.3 Å². The Hall–Kier alpha value is -2.67. The lowest BCUT2D eigenvalue weighted by molar-refractivity contribution is 0.0678. The molecule has 1 saturated heterocycles. The Labute approximate surface area is 151 Å². The smallest absolute Gasteiger partial charge is 0.271 e. The maximum absolute atomic E-state index is 13.3. The normalized spacial score (nSPS) is 22.3. The Balaban J connectivity index is 1.51. The first-order valence-electron chi connectivity index (χ1n) is 9.08. The number of aryl methyl sites for hydroxylation is 1. The van der Waals surface area contributed by atoms with E-state index in [2.05, 4.69) is 19.7 Å². The molecule has 7 heteroatoms. The zero-order valence-electron chi connectivity index (χ0n) is 14.7. The first-order chi connectivity index (χ1) is 12.7. The highest BCUT2D eigenvalue weighted by atomic mass is 16.5. The van der Waals surface area contributed by atoms with Gasteiger partial charge in [-0.2, -0.15) is 0 Å². The Morgan fingerprint density at radius 2 is 2.19 bits per heavy atom. The summed E-state index contributed by atoms with van der Waals surface area (Å²) in [7, 11) is 1.70. The third-order valence-corrected chi connectivity index (χ3v) is 5.55. The molecule has 26 heavy (non-hydrogen) atoms. The maximum atomic E-state index is 13.3. The molecule has 4 heterocycles. The van der Waals surface area contributed by atoms with Crippen molar-refractivity contribution in [3.63, 3.8) is 0 Å². The van der Waals surface area contributed by atoms with Gasteiger partial charge in [-0.25, -0.2) is 0 Å². The largest absolute Gasteiger partial charge is 0.380 e. The van der Waals surface area contributed by atoms with Gasteiger partial charge in [-0.3, -0.25) is 4.79 Å². The number of carbonyl (C=O) groups is 1. The van der Waals surface area contributed by atoms with Crippen molar-refractivity contribution in [1.82, 2.24) is 24.6 Å². The number of aromatic amines is 1. The molecule has 2 aromatic heterocycles. The van der Waals surface area contributed by atoms with Gasteiger partial charge >= 0.3 is 0 Å². The second-order valence-corrected chi connectivity index (χ2v) is 7.07. The van der Waals surface area contributed by atoms with Crippen LogP contribution in [0.25, 0.3) is 10.9 Å². The molecule has 0 radical (unpaired) electrons. The predicted octanol–water partition coefficient (Wildman–Crippen LogP) is 2.31. The summed E-state index contributed by atoms with van der Waals surface area (Å²) in [5.41, 5.74) is 1.58. The number of amides is 1. The third kappa shape index (κ3) is 2.34. The Bertz CT molecular complexity index is 942. The number of carbonyl (C=O) groups excluding carboxylic acids is 1. The molecule has 1 N–H and O–H groups in total. The van der Waals surface area contributed by atoms with E-state index in [1.807, 2.05) is 35.2 Å². The van der Waals surface area contributed by atoms with E-state index in [0.29, 0.717) is 12.2 Å². The highest BCUT2D eigenvalue weighted by Gasteiger charge is 2.40. The van der Waals surface area contributed by atoms with E-state index < -0.39 is 0 Å². The van der Waals surface area contributed by atoms with Gasteiger partial charge in [0.15, 0.2) is 5.82 Å². The summed E-state index contributed by atoms with van der Waals surface area (Å²) >= 11 is 0. The van der Waals surface area contributed by atoms with Crippen molar-refractivity contribution < 1.29 is 9.53 Å². The number of hydrogen-bond donors (Lipinski definition) is 1. The van der Waals surface area contributed by atoms with Crippen LogP contribution in [-0.2, 0) is 17.7 Å². The van der Waals surface area contributed by atoms with Gasteiger partial charge in [0.1, 0.15) is 11.5 Å². The highest BCUT2D eigenvalue weighted by Crippen LogP contribution is 2.35. The molecule has 1 aromatic carbocycles. The summed E-state index contributed by atoms with van der Waals surface area (Å²) in [6.45, 7) is 1.50. The predicted molar refractivity (Wildman–Crippen MR) is 95.8 cm³/mol. The molecular weight excluding hydrogens is 330 g/mol. The zero-order chi connectivity index (χ0) is 17.7. The van der Waals surface area contributed by atoms with Crippen molar-refractivity contribution in [3.05, 3.63) is 47.7 Å². The van der Waals surface area contributed by atoms with Crippen molar-refractivity contribution in [2.24, 2.45) is 0 Å². The van der Waals surface area contributed by atoms with Crippen LogP contribution in [0.1, 0.15) is 41.0 Å². The monoisotopic (exact) mass is 351 g/mol. The van der Waals surface area contributed by atoms with Gasteiger partial charge in [0.2, 0.25) is 0 Å². The number of H-pyrrole nitrogens is 1. The van der Waals surface area contributed by atoms with E-state index in [0.717, 1.165) is 48.4 Å². The van der Waals surface area contributed by atoms with Crippen LogP contribution in [0.4, 0.5) is 0 Å². The molecule has 0 saturated carbocycles. The number of ether oxygens (including phenoxy) is 1. The number of aromatic nitrogens is 4. The molecule has 2 aliphatic heterocycles. The first-order valence-corrected chi connectivity index (χ1v) is 9.08. The van der Waals surface area contributed by atoms with Gasteiger partial charge in [-0.05, 0) is 18.6 Å². The number of benzene rings is 1. The van der Waals surface area contributed by atoms with E-state index in [4.69, 9.17) is 4.74 Å². The number of nitrogens with zero attached hydrogens (tertiary/aromatic N) is 4. The molecule has 0 unspecified atom stereocenters. The van der Waals surface area contributed by atoms with Crippen LogP contribution in [0.2, 0.25) is 0 Å². The molecule has 0 aliphatic carbocycles. The van der Waals surface area contributed by atoms with Crippen LogP contribution >= 0.6 is 0 Å². The number of fused-ring (bicyclic) bond motifs is 2. The number of para-hydroxylation sites is 1. The minimum atomic E-state index is -0.0989. The van der Waals surface area contributed by atoms with Gasteiger partial charge in [0, 0.05) is 43.9 Å². The second-order valence-electron chi connectivity index (χ2n) is 7.07. The van der Waals surface area contributed by atoms with Crippen LogP contribution in [0.3, 0.4) is 0 Å². The summed E-state index contributed by atoms with van der Waals surface area (Å²) in [6.07, 6.45) is 2.82. The van der Waals surface area contributed by atoms with Gasteiger partial charge < -0.3 is 19.2 Å². The van der Waals surface area contributed by atoms with Crippen LogP contribution in [0.5, 0.6) is 0 Å². The number of rotatable bonds is 3. The van der Waals surface area contributed by atoms with Crippen molar-refractivity contribution in [3.8, 4) is 0 Å². The lowest BCUT2D eigenvalue weighted by Gasteiger charge is -2.23. The van der Waals surface area contributed by atoms with E-state index in [1.165, 1.54) is 0 Å².